The fourth-order valence-corrected chi connectivity index (χ4v) is 0.900. The van der Waals surface area contributed by atoms with E-state index in [1.54, 1.807) is 6.92 Å². The molecule has 0 saturated carbocycles. The maximum atomic E-state index is 10.5. The second-order valence-electron chi connectivity index (χ2n) is 2.08. The number of pyridine rings is 1. The molecule has 1 N–H and O–H groups in total. The van der Waals surface area contributed by atoms with Crippen LogP contribution in [0.4, 0.5) is 0 Å². The normalized spacial score (nSPS) is 9.64. The number of carboxylic acid groups (broad SMARTS) is 1. The molecule has 1 rings (SSSR count). The first-order chi connectivity index (χ1) is 5.13. The summed E-state index contributed by atoms with van der Waals surface area (Å²) >= 11 is 5.58. The van der Waals surface area contributed by atoms with Gasteiger partial charge in [-0.15, -0.1) is 0 Å². The van der Waals surface area contributed by atoms with Crippen LogP contribution in [-0.2, 0) is 0 Å². The standard InChI is InChI=1S/C7H6ClNO2/c1-4-5(7(10)11)2-3-9-6(4)8/h2-3H,1H3,(H,10,11). The highest BCUT2D eigenvalue weighted by molar-refractivity contribution is 6.30. The summed E-state index contributed by atoms with van der Waals surface area (Å²) in [4.78, 5) is 14.2. The van der Waals surface area contributed by atoms with Crippen LogP contribution in [0.3, 0.4) is 0 Å². The minimum atomic E-state index is -0.980. The van der Waals surface area contributed by atoms with E-state index in [0.717, 1.165) is 0 Å². The Morgan fingerprint density at radius 2 is 2.36 bits per heavy atom. The van der Waals surface area contributed by atoms with Gasteiger partial charge in [0.05, 0.1) is 5.56 Å². The molecule has 4 heteroatoms. The van der Waals surface area contributed by atoms with Gasteiger partial charge in [-0.3, -0.25) is 0 Å². The van der Waals surface area contributed by atoms with Gasteiger partial charge >= 0.3 is 5.97 Å². The third-order valence-corrected chi connectivity index (χ3v) is 1.75. The summed E-state index contributed by atoms with van der Waals surface area (Å²) in [5.74, 6) is -0.980. The number of carbonyl (C=O) groups is 1. The molecule has 0 aliphatic carbocycles. The van der Waals surface area contributed by atoms with Gasteiger partial charge in [-0.05, 0) is 13.0 Å². The Hall–Kier alpha value is -1.09. The Labute approximate surface area is 68.6 Å². The molecular formula is C7H6ClNO2. The second kappa shape index (κ2) is 2.88. The molecule has 0 spiro atoms. The second-order valence-corrected chi connectivity index (χ2v) is 2.44. The Balaban J connectivity index is 3.27. The quantitative estimate of drug-likeness (QED) is 0.655. The van der Waals surface area contributed by atoms with E-state index in [4.69, 9.17) is 16.7 Å². The summed E-state index contributed by atoms with van der Waals surface area (Å²) < 4.78 is 0. The average molecular weight is 172 g/mol. The van der Waals surface area contributed by atoms with E-state index in [0.29, 0.717) is 5.56 Å². The molecule has 0 unspecified atom stereocenters. The van der Waals surface area contributed by atoms with Gasteiger partial charge < -0.3 is 5.11 Å². The van der Waals surface area contributed by atoms with Crippen molar-refractivity contribution >= 4 is 17.6 Å². The summed E-state index contributed by atoms with van der Waals surface area (Å²) in [5.41, 5.74) is 0.701. The summed E-state index contributed by atoms with van der Waals surface area (Å²) in [7, 11) is 0. The topological polar surface area (TPSA) is 50.2 Å². The molecule has 0 bridgehead atoms. The van der Waals surface area contributed by atoms with E-state index in [1.807, 2.05) is 0 Å². The zero-order valence-corrected chi connectivity index (χ0v) is 6.59. The van der Waals surface area contributed by atoms with Crippen molar-refractivity contribution in [2.24, 2.45) is 0 Å². The minimum Gasteiger partial charge on any atom is -0.478 e. The lowest BCUT2D eigenvalue weighted by molar-refractivity contribution is 0.0696. The number of hydrogen-bond donors (Lipinski definition) is 1. The fraction of sp³-hybridized carbons (Fsp3) is 0.143. The third-order valence-electron chi connectivity index (χ3n) is 1.37. The van der Waals surface area contributed by atoms with Gasteiger partial charge in [0.2, 0.25) is 0 Å². The summed E-state index contributed by atoms with van der Waals surface area (Å²) in [6.07, 6.45) is 1.37. The van der Waals surface area contributed by atoms with Gasteiger partial charge in [-0.1, -0.05) is 11.6 Å². The van der Waals surface area contributed by atoms with Crippen LogP contribution in [0.2, 0.25) is 5.15 Å². The molecule has 0 amide bonds. The molecule has 58 valence electrons. The molecule has 0 saturated heterocycles. The molecule has 1 aromatic rings. The number of carboxylic acids is 1. The summed E-state index contributed by atoms with van der Waals surface area (Å²) in [5, 5.41) is 8.84. The van der Waals surface area contributed by atoms with Crippen molar-refractivity contribution in [3.05, 3.63) is 28.5 Å². The number of hydrogen-bond acceptors (Lipinski definition) is 2. The predicted octanol–water partition coefficient (Wildman–Crippen LogP) is 1.74. The highest BCUT2D eigenvalue weighted by Crippen LogP contribution is 2.15. The molecular weight excluding hydrogens is 166 g/mol. The molecule has 0 atom stereocenters. The van der Waals surface area contributed by atoms with E-state index < -0.39 is 5.97 Å². The zero-order valence-electron chi connectivity index (χ0n) is 5.84. The minimum absolute atomic E-state index is 0.199. The van der Waals surface area contributed by atoms with E-state index in [1.165, 1.54) is 12.3 Å². The molecule has 3 nitrogen and oxygen atoms in total. The fourth-order valence-electron chi connectivity index (χ4n) is 0.742. The third kappa shape index (κ3) is 1.49. The van der Waals surface area contributed by atoms with Crippen LogP contribution >= 0.6 is 11.6 Å². The highest BCUT2D eigenvalue weighted by atomic mass is 35.5. The lowest BCUT2D eigenvalue weighted by Crippen LogP contribution is -2.00. The van der Waals surface area contributed by atoms with E-state index in [-0.39, 0.29) is 10.7 Å². The van der Waals surface area contributed by atoms with Crippen molar-refractivity contribution in [3.8, 4) is 0 Å². The van der Waals surface area contributed by atoms with Gasteiger partial charge in [0.25, 0.3) is 0 Å². The Morgan fingerprint density at radius 3 is 2.82 bits per heavy atom. The molecule has 11 heavy (non-hydrogen) atoms. The van der Waals surface area contributed by atoms with E-state index in [2.05, 4.69) is 4.98 Å². The number of nitrogens with zero attached hydrogens (tertiary/aromatic N) is 1. The van der Waals surface area contributed by atoms with E-state index in [9.17, 15) is 4.79 Å². The zero-order chi connectivity index (χ0) is 8.43. The number of rotatable bonds is 1. The molecule has 0 aromatic carbocycles. The molecule has 0 aliphatic rings. The van der Waals surface area contributed by atoms with Gasteiger partial charge in [-0.25, -0.2) is 9.78 Å². The van der Waals surface area contributed by atoms with Crippen molar-refractivity contribution < 1.29 is 9.90 Å². The first-order valence-corrected chi connectivity index (χ1v) is 3.35. The SMILES string of the molecule is Cc1c(C(=O)O)ccnc1Cl. The summed E-state index contributed by atoms with van der Waals surface area (Å²) in [6.45, 7) is 1.62. The predicted molar refractivity (Wildman–Crippen MR) is 40.9 cm³/mol. The van der Waals surface area contributed by atoms with Crippen molar-refractivity contribution in [1.82, 2.24) is 4.98 Å². The molecule has 0 fully saturated rings. The Kier molecular flexibility index (Phi) is 2.10. The first kappa shape index (κ1) is 8.01. The largest absolute Gasteiger partial charge is 0.478 e. The molecule has 1 heterocycles. The van der Waals surface area contributed by atoms with Crippen LogP contribution in [0.5, 0.6) is 0 Å². The van der Waals surface area contributed by atoms with Crippen molar-refractivity contribution in [1.29, 1.82) is 0 Å². The van der Waals surface area contributed by atoms with Crippen LogP contribution in [0, 0.1) is 6.92 Å². The van der Waals surface area contributed by atoms with Crippen molar-refractivity contribution in [2.75, 3.05) is 0 Å². The maximum Gasteiger partial charge on any atom is 0.336 e. The van der Waals surface area contributed by atoms with Crippen LogP contribution in [0.25, 0.3) is 0 Å². The summed E-state index contributed by atoms with van der Waals surface area (Å²) in [6, 6.07) is 1.42. The maximum absolute atomic E-state index is 10.5. The van der Waals surface area contributed by atoms with Gasteiger partial charge in [0, 0.05) is 11.8 Å². The smallest absolute Gasteiger partial charge is 0.336 e. The lowest BCUT2D eigenvalue weighted by atomic mass is 10.2. The number of aromatic carboxylic acids is 1. The van der Waals surface area contributed by atoms with Crippen molar-refractivity contribution in [3.63, 3.8) is 0 Å². The van der Waals surface area contributed by atoms with Crippen LogP contribution in [0.1, 0.15) is 15.9 Å². The first-order valence-electron chi connectivity index (χ1n) is 2.97. The average Bonchev–Trinajstić information content (AvgIpc) is 1.94. The molecule has 0 radical (unpaired) electrons. The number of halogens is 1. The molecule has 0 aliphatic heterocycles. The van der Waals surface area contributed by atoms with Gasteiger partial charge in [0.1, 0.15) is 5.15 Å². The lowest BCUT2D eigenvalue weighted by Gasteiger charge is -1.99. The van der Waals surface area contributed by atoms with Crippen LogP contribution < -0.4 is 0 Å². The van der Waals surface area contributed by atoms with E-state index >= 15 is 0 Å². The monoisotopic (exact) mass is 171 g/mol. The Morgan fingerprint density at radius 1 is 1.73 bits per heavy atom. The van der Waals surface area contributed by atoms with Gasteiger partial charge in [0.15, 0.2) is 0 Å². The highest BCUT2D eigenvalue weighted by Gasteiger charge is 2.08. The van der Waals surface area contributed by atoms with Crippen molar-refractivity contribution in [2.45, 2.75) is 6.92 Å². The number of aromatic nitrogens is 1. The van der Waals surface area contributed by atoms with Crippen LogP contribution in [-0.4, -0.2) is 16.1 Å². The van der Waals surface area contributed by atoms with Gasteiger partial charge in [-0.2, -0.15) is 0 Å². The van der Waals surface area contributed by atoms with Crippen LogP contribution in [0.15, 0.2) is 12.3 Å². The Bertz CT molecular complexity index is 298. The molecule has 1 aromatic heterocycles.